The van der Waals surface area contributed by atoms with E-state index in [4.69, 9.17) is 0 Å². The van der Waals surface area contributed by atoms with Crippen LogP contribution >= 0.6 is 0 Å². The highest BCUT2D eigenvalue weighted by molar-refractivity contribution is 6.10. The number of aromatic nitrogens is 1. The van der Waals surface area contributed by atoms with Gasteiger partial charge in [-0.1, -0.05) is 12.0 Å². The lowest BCUT2D eigenvalue weighted by molar-refractivity contribution is -0.138. The molecule has 1 aromatic carbocycles. The van der Waals surface area contributed by atoms with Gasteiger partial charge in [-0.05, 0) is 98.7 Å². The van der Waals surface area contributed by atoms with Crippen molar-refractivity contribution in [3.8, 4) is 11.8 Å². The van der Waals surface area contributed by atoms with Crippen molar-refractivity contribution in [2.75, 3.05) is 0 Å². The lowest BCUT2D eigenvalue weighted by Gasteiger charge is -2.43. The second-order valence-electron chi connectivity index (χ2n) is 10.4. The van der Waals surface area contributed by atoms with Crippen molar-refractivity contribution >= 4 is 23.4 Å². The average molecular weight is 485 g/mol. The summed E-state index contributed by atoms with van der Waals surface area (Å²) in [7, 11) is 0. The SMILES string of the molecule is CC#Cc1cc(C)c(C2C(=O)CC3(CCC(CC(=O)NC(=O)c4ccccn4)CC3)CC2=O)c(C)c1. The predicted molar refractivity (Wildman–Crippen MR) is 136 cm³/mol. The van der Waals surface area contributed by atoms with E-state index in [9.17, 15) is 19.2 Å². The van der Waals surface area contributed by atoms with Crippen molar-refractivity contribution < 1.29 is 19.2 Å². The topological polar surface area (TPSA) is 93.2 Å². The van der Waals surface area contributed by atoms with Crippen LogP contribution in [-0.4, -0.2) is 28.4 Å². The van der Waals surface area contributed by atoms with Gasteiger partial charge in [0.1, 0.15) is 23.2 Å². The van der Waals surface area contributed by atoms with Crippen LogP contribution in [0.1, 0.15) is 90.5 Å². The molecule has 36 heavy (non-hydrogen) atoms. The minimum atomic E-state index is -0.694. The number of carbonyl (C=O) groups is 4. The maximum atomic E-state index is 13.4. The fourth-order valence-corrected chi connectivity index (χ4v) is 6.00. The van der Waals surface area contributed by atoms with Crippen LogP contribution in [0.5, 0.6) is 0 Å². The molecule has 0 saturated heterocycles. The van der Waals surface area contributed by atoms with Gasteiger partial charge in [-0.25, -0.2) is 0 Å². The number of Topliss-reactive ketones (excluding diaryl/α,β-unsaturated/α-hetero) is 2. The van der Waals surface area contributed by atoms with Crippen molar-refractivity contribution in [3.05, 3.63) is 64.5 Å². The summed E-state index contributed by atoms with van der Waals surface area (Å²) in [5.41, 5.74) is 3.50. The van der Waals surface area contributed by atoms with Crippen LogP contribution in [0.15, 0.2) is 36.5 Å². The second-order valence-corrected chi connectivity index (χ2v) is 10.4. The highest BCUT2D eigenvalue weighted by Gasteiger charge is 2.47. The van der Waals surface area contributed by atoms with Gasteiger partial charge in [-0.2, -0.15) is 0 Å². The minimum absolute atomic E-state index is 0.00364. The fourth-order valence-electron chi connectivity index (χ4n) is 6.00. The third-order valence-electron chi connectivity index (χ3n) is 7.68. The van der Waals surface area contributed by atoms with E-state index < -0.39 is 11.8 Å². The van der Waals surface area contributed by atoms with E-state index in [0.29, 0.717) is 12.8 Å². The molecule has 1 N–H and O–H groups in total. The van der Waals surface area contributed by atoms with Gasteiger partial charge in [-0.15, -0.1) is 5.92 Å². The van der Waals surface area contributed by atoms with Crippen molar-refractivity contribution in [1.29, 1.82) is 0 Å². The Balaban J connectivity index is 1.36. The third kappa shape index (κ3) is 5.46. The summed E-state index contributed by atoms with van der Waals surface area (Å²) >= 11 is 0. The number of aryl methyl sites for hydroxylation is 2. The van der Waals surface area contributed by atoms with Gasteiger partial charge < -0.3 is 0 Å². The molecule has 2 amide bonds. The molecule has 2 aromatic rings. The average Bonchev–Trinajstić information content (AvgIpc) is 2.83. The normalized spacial score (nSPS) is 23.6. The molecule has 2 aliphatic rings. The summed E-state index contributed by atoms with van der Waals surface area (Å²) in [6.45, 7) is 5.68. The molecule has 6 heteroatoms. The number of hydrogen-bond donors (Lipinski definition) is 1. The number of pyridine rings is 1. The number of benzene rings is 1. The van der Waals surface area contributed by atoms with Crippen LogP contribution in [0.3, 0.4) is 0 Å². The molecule has 1 spiro atoms. The molecule has 0 unspecified atom stereocenters. The molecule has 0 bridgehead atoms. The Morgan fingerprint density at radius 2 is 1.69 bits per heavy atom. The molecule has 4 rings (SSSR count). The van der Waals surface area contributed by atoms with Gasteiger partial charge in [0, 0.05) is 31.0 Å². The number of imide groups is 1. The maximum absolute atomic E-state index is 13.4. The van der Waals surface area contributed by atoms with Gasteiger partial charge >= 0.3 is 0 Å². The van der Waals surface area contributed by atoms with Crippen LogP contribution in [0.2, 0.25) is 0 Å². The molecular formula is C30H32N2O4. The number of rotatable bonds is 4. The Hall–Kier alpha value is -3.59. The van der Waals surface area contributed by atoms with E-state index in [1.54, 1.807) is 25.1 Å². The van der Waals surface area contributed by atoms with Crippen LogP contribution in [0, 0.1) is 37.0 Å². The standard InChI is InChI=1S/C30H32N2O4/c1-4-7-22-14-19(2)27(20(3)15-22)28-24(33)17-30(18-25(28)34)11-9-21(10-12-30)16-26(35)32-29(36)23-8-5-6-13-31-23/h5-6,8,13-15,21,28H,9-12,16-18H2,1-3H3,(H,32,35,36). The van der Waals surface area contributed by atoms with Crippen molar-refractivity contribution in [2.45, 2.75) is 71.6 Å². The molecular weight excluding hydrogens is 452 g/mol. The summed E-state index contributed by atoms with van der Waals surface area (Å²) in [5, 5.41) is 2.42. The highest BCUT2D eigenvalue weighted by atomic mass is 16.2. The number of hydrogen-bond acceptors (Lipinski definition) is 5. The largest absolute Gasteiger partial charge is 0.299 e. The molecule has 1 heterocycles. The second kappa shape index (κ2) is 10.6. The molecule has 186 valence electrons. The van der Waals surface area contributed by atoms with E-state index in [-0.39, 0.29) is 40.9 Å². The Labute approximate surface area is 212 Å². The number of nitrogens with one attached hydrogen (secondary N) is 1. The molecule has 0 aliphatic heterocycles. The van der Waals surface area contributed by atoms with Gasteiger partial charge in [0.25, 0.3) is 5.91 Å². The molecule has 1 aromatic heterocycles. The van der Waals surface area contributed by atoms with E-state index in [2.05, 4.69) is 22.1 Å². The molecule has 2 fully saturated rings. The number of amides is 2. The van der Waals surface area contributed by atoms with Crippen molar-refractivity contribution in [1.82, 2.24) is 10.3 Å². The van der Waals surface area contributed by atoms with Gasteiger partial charge in [0.15, 0.2) is 0 Å². The van der Waals surface area contributed by atoms with Gasteiger partial charge in [-0.3, -0.25) is 29.5 Å². The smallest absolute Gasteiger partial charge is 0.276 e. The Morgan fingerprint density at radius 3 is 2.25 bits per heavy atom. The monoisotopic (exact) mass is 484 g/mol. The first kappa shape index (κ1) is 25.5. The first-order valence-electron chi connectivity index (χ1n) is 12.6. The molecule has 0 atom stereocenters. The maximum Gasteiger partial charge on any atom is 0.276 e. The first-order chi connectivity index (χ1) is 17.2. The first-order valence-corrected chi connectivity index (χ1v) is 12.6. The summed E-state index contributed by atoms with van der Waals surface area (Å²) in [6.07, 6.45) is 5.57. The molecule has 6 nitrogen and oxygen atoms in total. The highest BCUT2D eigenvalue weighted by Crippen LogP contribution is 2.50. The van der Waals surface area contributed by atoms with Gasteiger partial charge in [0.2, 0.25) is 5.91 Å². The summed E-state index contributed by atoms with van der Waals surface area (Å²) in [5.74, 6) is 4.58. The lowest BCUT2D eigenvalue weighted by atomic mass is 9.59. The van der Waals surface area contributed by atoms with E-state index in [1.807, 2.05) is 26.0 Å². The third-order valence-corrected chi connectivity index (χ3v) is 7.68. The zero-order chi connectivity index (χ0) is 25.9. The van der Waals surface area contributed by atoms with E-state index >= 15 is 0 Å². The summed E-state index contributed by atoms with van der Waals surface area (Å²) in [6, 6.07) is 8.88. The van der Waals surface area contributed by atoms with Crippen LogP contribution < -0.4 is 5.32 Å². The summed E-state index contributed by atoms with van der Waals surface area (Å²) in [4.78, 5) is 55.3. The Morgan fingerprint density at radius 1 is 1.06 bits per heavy atom. The molecule has 2 aliphatic carbocycles. The summed E-state index contributed by atoms with van der Waals surface area (Å²) < 4.78 is 0. The van der Waals surface area contributed by atoms with E-state index in [1.165, 1.54) is 6.20 Å². The molecule has 0 radical (unpaired) electrons. The Bertz CT molecular complexity index is 1220. The van der Waals surface area contributed by atoms with Crippen LogP contribution in [-0.2, 0) is 14.4 Å². The van der Waals surface area contributed by atoms with Crippen molar-refractivity contribution in [3.63, 3.8) is 0 Å². The lowest BCUT2D eigenvalue weighted by Crippen LogP contribution is -2.42. The van der Waals surface area contributed by atoms with Crippen LogP contribution in [0.25, 0.3) is 0 Å². The zero-order valence-electron chi connectivity index (χ0n) is 21.1. The fraction of sp³-hybridized carbons (Fsp3) is 0.433. The number of nitrogens with zero attached hydrogens (tertiary/aromatic N) is 1. The zero-order valence-corrected chi connectivity index (χ0v) is 21.1. The predicted octanol–water partition coefficient (Wildman–Crippen LogP) is 4.61. The van der Waals surface area contributed by atoms with Crippen molar-refractivity contribution in [2.24, 2.45) is 11.3 Å². The quantitative estimate of drug-likeness (QED) is 0.505. The minimum Gasteiger partial charge on any atom is -0.299 e. The Kier molecular flexibility index (Phi) is 7.49. The number of ketones is 2. The number of carbonyl (C=O) groups excluding carboxylic acids is 4. The van der Waals surface area contributed by atoms with Crippen LogP contribution in [0.4, 0.5) is 0 Å². The molecule has 2 saturated carbocycles. The van der Waals surface area contributed by atoms with Gasteiger partial charge in [0.05, 0.1) is 0 Å². The van der Waals surface area contributed by atoms with E-state index in [0.717, 1.165) is 47.9 Å².